The van der Waals surface area contributed by atoms with Crippen molar-refractivity contribution >= 4 is 52.5 Å². The molecule has 1 amide bonds. The van der Waals surface area contributed by atoms with Gasteiger partial charge in [-0.2, -0.15) is 5.26 Å². The van der Waals surface area contributed by atoms with Crippen LogP contribution in [0.3, 0.4) is 0 Å². The monoisotopic (exact) mass is 514 g/mol. The summed E-state index contributed by atoms with van der Waals surface area (Å²) in [4.78, 5) is 12.7. The van der Waals surface area contributed by atoms with Gasteiger partial charge in [0.1, 0.15) is 18.2 Å². The first-order chi connectivity index (χ1) is 16.2. The fraction of sp³-hybridized carbons (Fsp3) is 0.154. The van der Waals surface area contributed by atoms with E-state index in [9.17, 15) is 10.1 Å². The van der Waals surface area contributed by atoms with Gasteiger partial charge in [0.05, 0.1) is 22.2 Å². The molecule has 3 aromatic carbocycles. The Labute approximate surface area is 213 Å². The molecule has 1 N–H and O–H groups in total. The van der Waals surface area contributed by atoms with Gasteiger partial charge in [0.25, 0.3) is 5.91 Å². The van der Waals surface area contributed by atoms with Crippen LogP contribution in [0.1, 0.15) is 22.3 Å². The quantitative estimate of drug-likeness (QED) is 0.263. The first-order valence-electron chi connectivity index (χ1n) is 10.2. The molecule has 0 saturated carbocycles. The van der Waals surface area contributed by atoms with Crippen molar-refractivity contribution in [2.45, 2.75) is 20.5 Å². The summed E-state index contributed by atoms with van der Waals surface area (Å²) in [5, 5.41) is 13.5. The van der Waals surface area contributed by atoms with Crippen LogP contribution in [0.25, 0.3) is 6.08 Å². The van der Waals surface area contributed by atoms with E-state index in [-0.39, 0.29) is 17.2 Å². The van der Waals surface area contributed by atoms with Gasteiger partial charge >= 0.3 is 0 Å². The highest BCUT2D eigenvalue weighted by Gasteiger charge is 2.15. The number of aryl methyl sites for hydroxylation is 2. The molecule has 3 aromatic rings. The largest absolute Gasteiger partial charge is 0.493 e. The molecule has 3 rings (SSSR count). The Morgan fingerprint density at radius 2 is 1.79 bits per heavy atom. The Bertz CT molecular complexity index is 1310. The second-order valence-corrected chi connectivity index (χ2v) is 8.74. The number of benzene rings is 3. The highest BCUT2D eigenvalue weighted by atomic mass is 35.5. The number of nitrogens with zero attached hydrogens (tertiary/aromatic N) is 1. The van der Waals surface area contributed by atoms with Crippen molar-refractivity contribution < 1.29 is 14.3 Å². The van der Waals surface area contributed by atoms with Gasteiger partial charge in [-0.3, -0.25) is 4.79 Å². The van der Waals surface area contributed by atoms with Crippen molar-refractivity contribution in [2.75, 3.05) is 12.4 Å². The number of amides is 1. The molecule has 0 fully saturated rings. The lowest BCUT2D eigenvalue weighted by Crippen LogP contribution is -2.14. The predicted octanol–water partition coefficient (Wildman–Crippen LogP) is 7.40. The maximum Gasteiger partial charge on any atom is 0.266 e. The molecule has 0 spiro atoms. The molecule has 0 atom stereocenters. The van der Waals surface area contributed by atoms with Crippen LogP contribution in [0.5, 0.6) is 11.5 Å². The second-order valence-electron chi connectivity index (χ2n) is 7.51. The number of rotatable bonds is 7. The third kappa shape index (κ3) is 6.24. The zero-order chi connectivity index (χ0) is 24.8. The van der Waals surface area contributed by atoms with E-state index in [0.29, 0.717) is 32.8 Å². The molecule has 0 unspecified atom stereocenters. The normalized spacial score (nSPS) is 11.0. The summed E-state index contributed by atoms with van der Waals surface area (Å²) in [6.07, 6.45) is 1.44. The van der Waals surface area contributed by atoms with Gasteiger partial charge in [-0.25, -0.2) is 0 Å². The Balaban J connectivity index is 1.83. The summed E-state index contributed by atoms with van der Waals surface area (Å²) in [6.45, 7) is 3.99. The van der Waals surface area contributed by atoms with Gasteiger partial charge in [0, 0.05) is 5.69 Å². The number of hydrogen-bond acceptors (Lipinski definition) is 4. The van der Waals surface area contributed by atoms with E-state index in [1.165, 1.54) is 13.2 Å². The van der Waals surface area contributed by atoms with Crippen LogP contribution < -0.4 is 14.8 Å². The standard InChI is InChI=1S/C26H21Cl3N2O3/c1-15-4-5-16(2)23(8-15)31-26(32)19(13-30)9-18-11-22(29)25(24(12-18)33-3)34-14-17-6-7-20(27)21(28)10-17/h4-12H,14H2,1-3H3,(H,31,32)/b19-9+. The van der Waals surface area contributed by atoms with Crippen molar-refractivity contribution in [3.63, 3.8) is 0 Å². The van der Waals surface area contributed by atoms with Crippen LogP contribution in [-0.2, 0) is 11.4 Å². The zero-order valence-corrected chi connectivity index (χ0v) is 21.0. The third-order valence-electron chi connectivity index (χ3n) is 4.94. The number of halogens is 3. The van der Waals surface area contributed by atoms with E-state index in [4.69, 9.17) is 44.3 Å². The number of nitrogens with one attached hydrogen (secondary N) is 1. The molecule has 0 saturated heterocycles. The SMILES string of the molecule is COc1cc(/C=C(\C#N)C(=O)Nc2cc(C)ccc2C)cc(Cl)c1OCc1ccc(Cl)c(Cl)c1. The Morgan fingerprint density at radius 1 is 1.03 bits per heavy atom. The number of anilines is 1. The number of carbonyl (C=O) groups excluding carboxylic acids is 1. The number of nitriles is 1. The Morgan fingerprint density at radius 3 is 2.47 bits per heavy atom. The van der Waals surface area contributed by atoms with Gasteiger partial charge < -0.3 is 14.8 Å². The van der Waals surface area contributed by atoms with Gasteiger partial charge in [0.15, 0.2) is 11.5 Å². The van der Waals surface area contributed by atoms with E-state index in [1.807, 2.05) is 38.1 Å². The van der Waals surface area contributed by atoms with Crippen LogP contribution in [0, 0.1) is 25.2 Å². The summed E-state index contributed by atoms with van der Waals surface area (Å²) in [5.41, 5.74) is 3.76. The Hall–Kier alpha value is -3.17. The van der Waals surface area contributed by atoms with Crippen LogP contribution >= 0.6 is 34.8 Å². The predicted molar refractivity (Wildman–Crippen MR) is 137 cm³/mol. The lowest BCUT2D eigenvalue weighted by molar-refractivity contribution is -0.112. The van der Waals surface area contributed by atoms with E-state index in [2.05, 4.69) is 5.32 Å². The number of ether oxygens (including phenoxy) is 2. The topological polar surface area (TPSA) is 71.3 Å². The van der Waals surface area contributed by atoms with Crippen LogP contribution in [0.4, 0.5) is 5.69 Å². The molecule has 174 valence electrons. The smallest absolute Gasteiger partial charge is 0.266 e. The summed E-state index contributed by atoms with van der Waals surface area (Å²) in [6, 6.07) is 16.1. The highest BCUT2D eigenvalue weighted by Crippen LogP contribution is 2.38. The average molecular weight is 516 g/mol. The third-order valence-corrected chi connectivity index (χ3v) is 5.96. The zero-order valence-electron chi connectivity index (χ0n) is 18.7. The second kappa shape index (κ2) is 11.3. The van der Waals surface area contributed by atoms with Crippen LogP contribution in [0.2, 0.25) is 15.1 Å². The molecule has 0 aromatic heterocycles. The van der Waals surface area contributed by atoms with Gasteiger partial charge in [-0.1, -0.05) is 53.0 Å². The highest BCUT2D eigenvalue weighted by molar-refractivity contribution is 6.42. The van der Waals surface area contributed by atoms with Gasteiger partial charge in [-0.15, -0.1) is 0 Å². The fourth-order valence-corrected chi connectivity index (χ4v) is 3.72. The van der Waals surface area contributed by atoms with Gasteiger partial charge in [0.2, 0.25) is 0 Å². The number of methoxy groups -OCH3 is 1. The summed E-state index contributed by atoms with van der Waals surface area (Å²) < 4.78 is 11.3. The number of carbonyl (C=O) groups is 1. The molecule has 0 heterocycles. The molecular weight excluding hydrogens is 495 g/mol. The molecular formula is C26H21Cl3N2O3. The van der Waals surface area contributed by atoms with Crippen molar-refractivity contribution in [3.05, 3.63) is 91.4 Å². The average Bonchev–Trinajstić information content (AvgIpc) is 2.80. The first-order valence-corrected chi connectivity index (χ1v) is 11.3. The molecule has 8 heteroatoms. The van der Waals surface area contributed by atoms with Crippen molar-refractivity contribution in [1.29, 1.82) is 5.26 Å². The van der Waals surface area contributed by atoms with E-state index in [0.717, 1.165) is 16.7 Å². The minimum absolute atomic E-state index is 0.0801. The van der Waals surface area contributed by atoms with Crippen molar-refractivity contribution in [1.82, 2.24) is 0 Å². The lowest BCUT2D eigenvalue weighted by atomic mass is 10.1. The minimum atomic E-state index is -0.522. The molecule has 34 heavy (non-hydrogen) atoms. The van der Waals surface area contributed by atoms with E-state index >= 15 is 0 Å². The van der Waals surface area contributed by atoms with E-state index in [1.54, 1.807) is 30.3 Å². The molecule has 0 aliphatic carbocycles. The molecule has 0 bridgehead atoms. The maximum atomic E-state index is 12.7. The van der Waals surface area contributed by atoms with Crippen LogP contribution in [0.15, 0.2) is 54.1 Å². The summed E-state index contributed by atoms with van der Waals surface area (Å²) in [7, 11) is 1.48. The minimum Gasteiger partial charge on any atom is -0.493 e. The molecule has 5 nitrogen and oxygen atoms in total. The lowest BCUT2D eigenvalue weighted by Gasteiger charge is -2.14. The molecule has 0 aliphatic rings. The molecule has 0 radical (unpaired) electrons. The fourth-order valence-electron chi connectivity index (χ4n) is 3.12. The van der Waals surface area contributed by atoms with Gasteiger partial charge in [-0.05, 0) is 72.5 Å². The van der Waals surface area contributed by atoms with E-state index < -0.39 is 5.91 Å². The summed E-state index contributed by atoms with van der Waals surface area (Å²) in [5.74, 6) is 0.156. The summed E-state index contributed by atoms with van der Waals surface area (Å²) >= 11 is 18.5. The van der Waals surface area contributed by atoms with Crippen molar-refractivity contribution in [3.8, 4) is 17.6 Å². The van der Waals surface area contributed by atoms with Crippen LogP contribution in [-0.4, -0.2) is 13.0 Å². The first kappa shape index (κ1) is 25.5. The maximum absolute atomic E-state index is 12.7. The molecule has 0 aliphatic heterocycles. The van der Waals surface area contributed by atoms with Crippen molar-refractivity contribution in [2.24, 2.45) is 0 Å². The number of hydrogen-bond donors (Lipinski definition) is 1. The Kier molecular flexibility index (Phi) is 8.46.